The summed E-state index contributed by atoms with van der Waals surface area (Å²) in [7, 11) is -3.62. The predicted octanol–water partition coefficient (Wildman–Crippen LogP) is 3.54. The topological polar surface area (TPSA) is 78.5 Å². The number of sulfonamides is 1. The van der Waals surface area contributed by atoms with Gasteiger partial charge >= 0.3 is 0 Å². The van der Waals surface area contributed by atoms with Crippen molar-refractivity contribution < 1.29 is 13.2 Å². The molecular formula is C21H27N3O3S. The number of rotatable bonds is 6. The third-order valence-corrected chi connectivity index (χ3v) is 6.49. The molecule has 0 radical (unpaired) electrons. The molecule has 0 unspecified atom stereocenters. The van der Waals surface area contributed by atoms with Gasteiger partial charge in [-0.25, -0.2) is 13.1 Å². The van der Waals surface area contributed by atoms with E-state index in [2.05, 4.69) is 14.9 Å². The molecule has 1 aliphatic rings. The van der Waals surface area contributed by atoms with Crippen LogP contribution in [0.5, 0.6) is 0 Å². The van der Waals surface area contributed by atoms with Gasteiger partial charge in [-0.05, 0) is 56.0 Å². The highest BCUT2D eigenvalue weighted by molar-refractivity contribution is 7.89. The number of carbonyl (C=O) groups is 1. The van der Waals surface area contributed by atoms with Crippen molar-refractivity contribution in [1.82, 2.24) is 4.72 Å². The number of hydrogen-bond donors (Lipinski definition) is 2. The van der Waals surface area contributed by atoms with Crippen LogP contribution in [-0.2, 0) is 10.0 Å². The van der Waals surface area contributed by atoms with Crippen LogP contribution in [0.1, 0.15) is 42.1 Å². The van der Waals surface area contributed by atoms with E-state index in [1.54, 1.807) is 19.9 Å². The van der Waals surface area contributed by atoms with Crippen LogP contribution in [0.25, 0.3) is 0 Å². The largest absolute Gasteiger partial charge is 0.370 e. The Labute approximate surface area is 167 Å². The minimum Gasteiger partial charge on any atom is -0.370 e. The van der Waals surface area contributed by atoms with Crippen molar-refractivity contribution in [3.8, 4) is 0 Å². The Kier molecular flexibility index (Phi) is 6.36. The molecule has 2 aromatic rings. The highest BCUT2D eigenvalue weighted by atomic mass is 32.2. The van der Waals surface area contributed by atoms with Crippen LogP contribution in [0.4, 0.5) is 11.4 Å². The molecule has 0 saturated carbocycles. The Morgan fingerprint density at radius 3 is 2.50 bits per heavy atom. The summed E-state index contributed by atoms with van der Waals surface area (Å²) in [5, 5.41) is 2.98. The van der Waals surface area contributed by atoms with E-state index >= 15 is 0 Å². The first-order chi connectivity index (χ1) is 13.4. The van der Waals surface area contributed by atoms with Crippen LogP contribution in [0.3, 0.4) is 0 Å². The number of carbonyl (C=O) groups excluding carboxylic acids is 1. The van der Waals surface area contributed by atoms with E-state index in [4.69, 9.17) is 0 Å². The molecule has 0 aliphatic carbocycles. The molecule has 1 saturated heterocycles. The number of amides is 1. The second kappa shape index (κ2) is 8.75. The molecule has 2 N–H and O–H groups in total. The highest BCUT2D eigenvalue weighted by Gasteiger charge is 2.19. The lowest BCUT2D eigenvalue weighted by Gasteiger charge is -2.30. The van der Waals surface area contributed by atoms with Gasteiger partial charge in [-0.2, -0.15) is 0 Å². The Morgan fingerprint density at radius 2 is 1.79 bits per heavy atom. The molecule has 6 nitrogen and oxygen atoms in total. The van der Waals surface area contributed by atoms with Crippen molar-refractivity contribution >= 4 is 27.3 Å². The minimum absolute atomic E-state index is 0.0921. The van der Waals surface area contributed by atoms with Crippen molar-refractivity contribution in [1.29, 1.82) is 0 Å². The standard InChI is InChI=1S/C21H27N3O3S/c1-3-22-28(26,27)17-12-11-16(2)18(15-17)21(25)23-19-9-5-6-10-20(19)24-13-7-4-8-14-24/h5-6,9-12,15,22H,3-4,7-8,13-14H2,1-2H3,(H,23,25). The van der Waals surface area contributed by atoms with Crippen molar-refractivity contribution in [3.05, 3.63) is 53.6 Å². The molecule has 0 bridgehead atoms. The smallest absolute Gasteiger partial charge is 0.256 e. The van der Waals surface area contributed by atoms with Crippen LogP contribution in [0.2, 0.25) is 0 Å². The quantitative estimate of drug-likeness (QED) is 0.776. The van der Waals surface area contributed by atoms with Gasteiger partial charge in [-0.1, -0.05) is 25.1 Å². The Morgan fingerprint density at radius 1 is 1.07 bits per heavy atom. The first-order valence-corrected chi connectivity index (χ1v) is 11.2. The average Bonchev–Trinajstić information content (AvgIpc) is 2.69. The summed E-state index contributed by atoms with van der Waals surface area (Å²) >= 11 is 0. The zero-order valence-electron chi connectivity index (χ0n) is 16.4. The molecule has 0 aromatic heterocycles. The fourth-order valence-electron chi connectivity index (χ4n) is 3.47. The van der Waals surface area contributed by atoms with Crippen LogP contribution >= 0.6 is 0 Å². The Hall–Kier alpha value is -2.38. The molecule has 0 spiro atoms. The van der Waals surface area contributed by atoms with Crippen LogP contribution in [-0.4, -0.2) is 34.0 Å². The lowest BCUT2D eigenvalue weighted by molar-refractivity contribution is 0.102. The normalized spacial score (nSPS) is 14.7. The maximum Gasteiger partial charge on any atom is 0.256 e. The molecule has 150 valence electrons. The van der Waals surface area contributed by atoms with Gasteiger partial charge in [0.2, 0.25) is 10.0 Å². The number of anilines is 2. The summed E-state index contributed by atoms with van der Waals surface area (Å²) in [6, 6.07) is 12.4. The molecule has 1 fully saturated rings. The lowest BCUT2D eigenvalue weighted by Crippen LogP contribution is -2.30. The highest BCUT2D eigenvalue weighted by Crippen LogP contribution is 2.29. The number of benzene rings is 2. The Bertz CT molecular complexity index is 951. The molecule has 1 aliphatic heterocycles. The summed E-state index contributed by atoms with van der Waals surface area (Å²) in [5.74, 6) is -0.310. The minimum atomic E-state index is -3.62. The average molecular weight is 402 g/mol. The van der Waals surface area contributed by atoms with Gasteiger partial charge in [0.05, 0.1) is 16.3 Å². The van der Waals surface area contributed by atoms with Gasteiger partial charge < -0.3 is 10.2 Å². The second-order valence-corrected chi connectivity index (χ2v) is 8.76. The molecule has 2 aromatic carbocycles. The van der Waals surface area contributed by atoms with E-state index in [9.17, 15) is 13.2 Å². The van der Waals surface area contributed by atoms with Crippen LogP contribution in [0, 0.1) is 6.92 Å². The molecule has 7 heteroatoms. The Balaban J connectivity index is 1.88. The third kappa shape index (κ3) is 4.54. The van der Waals surface area contributed by atoms with Crippen molar-refractivity contribution in [2.75, 3.05) is 29.9 Å². The summed E-state index contributed by atoms with van der Waals surface area (Å²) in [6.07, 6.45) is 3.52. The van der Waals surface area contributed by atoms with Gasteiger partial charge in [-0.15, -0.1) is 0 Å². The lowest BCUT2D eigenvalue weighted by atomic mass is 10.1. The van der Waals surface area contributed by atoms with Gasteiger partial charge in [0.25, 0.3) is 5.91 Å². The van der Waals surface area contributed by atoms with E-state index in [1.807, 2.05) is 24.3 Å². The number of nitrogens with one attached hydrogen (secondary N) is 2. The van der Waals surface area contributed by atoms with Gasteiger partial charge in [0, 0.05) is 25.2 Å². The number of para-hydroxylation sites is 2. The van der Waals surface area contributed by atoms with Crippen molar-refractivity contribution in [2.45, 2.75) is 38.0 Å². The zero-order chi connectivity index (χ0) is 20.1. The van der Waals surface area contributed by atoms with Gasteiger partial charge in [-0.3, -0.25) is 4.79 Å². The van der Waals surface area contributed by atoms with E-state index in [1.165, 1.54) is 18.6 Å². The third-order valence-electron chi connectivity index (χ3n) is 4.95. The summed E-state index contributed by atoms with van der Waals surface area (Å²) in [5.41, 5.74) is 2.83. The molecule has 3 rings (SSSR count). The molecule has 28 heavy (non-hydrogen) atoms. The fourth-order valence-corrected chi connectivity index (χ4v) is 4.53. The van der Waals surface area contributed by atoms with E-state index in [0.717, 1.165) is 42.9 Å². The second-order valence-electron chi connectivity index (χ2n) is 7.00. The number of nitrogens with zero attached hydrogens (tertiary/aromatic N) is 1. The first-order valence-electron chi connectivity index (χ1n) is 9.68. The number of aryl methyl sites for hydroxylation is 1. The monoisotopic (exact) mass is 401 g/mol. The zero-order valence-corrected chi connectivity index (χ0v) is 17.2. The van der Waals surface area contributed by atoms with Gasteiger partial charge in [0.1, 0.15) is 0 Å². The molecule has 1 heterocycles. The van der Waals surface area contributed by atoms with Gasteiger partial charge in [0.15, 0.2) is 0 Å². The fraction of sp³-hybridized carbons (Fsp3) is 0.381. The van der Waals surface area contributed by atoms with Crippen LogP contribution in [0.15, 0.2) is 47.4 Å². The van der Waals surface area contributed by atoms with E-state index < -0.39 is 10.0 Å². The predicted molar refractivity (Wildman–Crippen MR) is 113 cm³/mol. The number of piperidine rings is 1. The summed E-state index contributed by atoms with van der Waals surface area (Å²) < 4.78 is 27.0. The molecule has 1 amide bonds. The molecular weight excluding hydrogens is 374 g/mol. The van der Waals surface area contributed by atoms with E-state index in [0.29, 0.717) is 12.1 Å². The summed E-state index contributed by atoms with van der Waals surface area (Å²) in [6.45, 7) is 5.76. The van der Waals surface area contributed by atoms with E-state index in [-0.39, 0.29) is 10.8 Å². The number of hydrogen-bond acceptors (Lipinski definition) is 4. The maximum atomic E-state index is 13.0. The summed E-state index contributed by atoms with van der Waals surface area (Å²) in [4.78, 5) is 15.3. The van der Waals surface area contributed by atoms with Crippen LogP contribution < -0.4 is 14.9 Å². The van der Waals surface area contributed by atoms with Crippen molar-refractivity contribution in [3.63, 3.8) is 0 Å². The van der Waals surface area contributed by atoms with Crippen molar-refractivity contribution in [2.24, 2.45) is 0 Å². The SMILES string of the molecule is CCNS(=O)(=O)c1ccc(C)c(C(=O)Nc2ccccc2N2CCCCC2)c1. The molecule has 0 atom stereocenters. The first kappa shape index (κ1) is 20.4. The maximum absolute atomic E-state index is 13.0.